The molecule has 2 atom stereocenters. The molecule has 0 spiro atoms. The summed E-state index contributed by atoms with van der Waals surface area (Å²) in [5, 5.41) is 8.05. The summed E-state index contributed by atoms with van der Waals surface area (Å²) < 4.78 is 41.6. The van der Waals surface area contributed by atoms with Crippen LogP contribution in [0.4, 0.5) is 0 Å². The van der Waals surface area contributed by atoms with E-state index in [1.807, 2.05) is 18.2 Å². The fraction of sp³-hybridized carbons (Fsp3) is 0.543. The normalized spacial score (nSPS) is 19.8. The van der Waals surface area contributed by atoms with Crippen LogP contribution in [0.5, 0.6) is 5.75 Å². The van der Waals surface area contributed by atoms with Crippen molar-refractivity contribution < 1.29 is 27.5 Å². The lowest BCUT2D eigenvalue weighted by molar-refractivity contribution is -0.110. The lowest BCUT2D eigenvalue weighted by atomic mass is 9.81. The Hall–Kier alpha value is -3.33. The average Bonchev–Trinajstić information content (AvgIpc) is 3.31. The second kappa shape index (κ2) is 15.1. The minimum atomic E-state index is -3.96. The van der Waals surface area contributed by atoms with Crippen LogP contribution >= 0.6 is 0 Å². The van der Waals surface area contributed by atoms with Crippen LogP contribution in [0, 0.1) is 0 Å². The second-order valence-corrected chi connectivity index (χ2v) is 15.2. The topological polar surface area (TPSA) is 134 Å². The zero-order chi connectivity index (χ0) is 33.8. The summed E-state index contributed by atoms with van der Waals surface area (Å²) in [4.78, 5) is 28.0. The van der Waals surface area contributed by atoms with E-state index in [9.17, 15) is 18.0 Å². The predicted octanol–water partition coefficient (Wildman–Crippen LogP) is 2.86. The Morgan fingerprint density at radius 2 is 1.88 bits per heavy atom. The molecule has 12 nitrogen and oxygen atoms in total. The molecule has 6 rings (SSSR count). The zero-order valence-corrected chi connectivity index (χ0v) is 29.0. The van der Waals surface area contributed by atoms with Gasteiger partial charge in [-0.25, -0.2) is 4.72 Å². The number of nitrogens with one attached hydrogen (secondary N) is 3. The van der Waals surface area contributed by atoms with Crippen molar-refractivity contribution in [1.82, 2.24) is 29.1 Å². The summed E-state index contributed by atoms with van der Waals surface area (Å²) >= 11 is 0. The number of aldehydes is 1. The zero-order valence-electron chi connectivity index (χ0n) is 28.2. The Kier molecular flexibility index (Phi) is 10.8. The maximum absolute atomic E-state index is 13.3. The molecule has 0 radical (unpaired) electrons. The van der Waals surface area contributed by atoms with E-state index in [0.717, 1.165) is 103 Å². The van der Waals surface area contributed by atoms with E-state index in [0.29, 0.717) is 25.4 Å². The summed E-state index contributed by atoms with van der Waals surface area (Å²) in [6.45, 7) is 5.26. The van der Waals surface area contributed by atoms with Crippen LogP contribution in [0.1, 0.15) is 59.5 Å². The summed E-state index contributed by atoms with van der Waals surface area (Å²) in [6, 6.07) is 11.6. The van der Waals surface area contributed by atoms with E-state index in [1.54, 1.807) is 13.2 Å². The van der Waals surface area contributed by atoms with E-state index in [-0.39, 0.29) is 11.6 Å². The van der Waals surface area contributed by atoms with Gasteiger partial charge in [0.05, 0.1) is 26.0 Å². The molecule has 0 bridgehead atoms. The van der Waals surface area contributed by atoms with Crippen molar-refractivity contribution in [1.29, 1.82) is 0 Å². The first-order valence-electron chi connectivity index (χ1n) is 17.0. The smallest absolute Gasteiger partial charge is 0.303 e. The number of hydrogen-bond acceptors (Lipinski definition) is 9. The standard InChI is InChI=1S/C35H48N6O6S/c1-39(2)48(44,45)38-35(43)25-9-11-30-31(21-25)41-22-27(37-32(23-42)36-13-14-40-15-17-47-18-16-40)19-26-20-28(46-3)10-12-29(26)34(41)33(30)24-7-5-4-6-8-24/h9-12,20-21,23-24,27,32,36-37H,4-8,13-19,22H2,1-3H3,(H,38,43). The Morgan fingerprint density at radius 1 is 1.10 bits per heavy atom. The molecule has 2 unspecified atom stereocenters. The molecule has 1 aliphatic carbocycles. The monoisotopic (exact) mass is 680 g/mol. The van der Waals surface area contributed by atoms with E-state index < -0.39 is 22.3 Å². The van der Waals surface area contributed by atoms with Crippen LogP contribution in [-0.4, -0.2) is 107 Å². The van der Waals surface area contributed by atoms with Gasteiger partial charge < -0.3 is 18.8 Å². The summed E-state index contributed by atoms with van der Waals surface area (Å²) in [5.41, 5.74) is 5.78. The third-order valence-electron chi connectivity index (χ3n) is 9.97. The number of methoxy groups -OCH3 is 1. The first kappa shape index (κ1) is 34.5. The molecule has 13 heteroatoms. The van der Waals surface area contributed by atoms with Crippen LogP contribution in [0.2, 0.25) is 0 Å². The highest BCUT2D eigenvalue weighted by molar-refractivity contribution is 7.87. The highest BCUT2D eigenvalue weighted by atomic mass is 32.2. The fourth-order valence-electron chi connectivity index (χ4n) is 7.43. The predicted molar refractivity (Wildman–Crippen MR) is 186 cm³/mol. The van der Waals surface area contributed by atoms with Crippen molar-refractivity contribution in [2.75, 3.05) is 60.6 Å². The third-order valence-corrected chi connectivity index (χ3v) is 11.4. The highest BCUT2D eigenvalue weighted by Gasteiger charge is 2.32. The first-order chi connectivity index (χ1) is 23.2. The van der Waals surface area contributed by atoms with Crippen molar-refractivity contribution in [2.45, 2.75) is 63.2 Å². The van der Waals surface area contributed by atoms with Gasteiger partial charge in [0, 0.05) is 74.9 Å². The van der Waals surface area contributed by atoms with Gasteiger partial charge in [0.15, 0.2) is 6.29 Å². The van der Waals surface area contributed by atoms with E-state index in [4.69, 9.17) is 9.47 Å². The maximum atomic E-state index is 13.3. The van der Waals surface area contributed by atoms with Gasteiger partial charge in [0.1, 0.15) is 11.9 Å². The van der Waals surface area contributed by atoms with Crippen LogP contribution in [0.25, 0.3) is 22.2 Å². The minimum Gasteiger partial charge on any atom is -0.497 e. The molecule has 2 aliphatic heterocycles. The number of morpholine rings is 1. The van der Waals surface area contributed by atoms with Crippen molar-refractivity contribution >= 4 is 33.3 Å². The number of nitrogens with zero attached hydrogens (tertiary/aromatic N) is 3. The van der Waals surface area contributed by atoms with E-state index in [1.165, 1.54) is 26.1 Å². The van der Waals surface area contributed by atoms with Crippen molar-refractivity contribution in [3.05, 3.63) is 53.1 Å². The quantitative estimate of drug-likeness (QED) is 0.195. The Bertz CT molecular complexity index is 1730. The third kappa shape index (κ3) is 7.46. The molecule has 1 amide bonds. The number of carbonyl (C=O) groups is 2. The molecule has 48 heavy (non-hydrogen) atoms. The van der Waals surface area contributed by atoms with Crippen LogP contribution in [-0.2, 0) is 32.7 Å². The van der Waals surface area contributed by atoms with Crippen molar-refractivity contribution in [3.63, 3.8) is 0 Å². The Balaban J connectivity index is 1.40. The molecule has 1 aromatic heterocycles. The molecule has 2 fully saturated rings. The number of amides is 1. The summed E-state index contributed by atoms with van der Waals surface area (Å²) in [7, 11) is 0.466. The molecule has 1 saturated carbocycles. The summed E-state index contributed by atoms with van der Waals surface area (Å²) in [5.74, 6) is 0.447. The molecule has 3 aromatic rings. The highest BCUT2D eigenvalue weighted by Crippen LogP contribution is 2.46. The van der Waals surface area contributed by atoms with Gasteiger partial charge in [-0.3, -0.25) is 20.3 Å². The summed E-state index contributed by atoms with van der Waals surface area (Å²) in [6.07, 6.45) is 6.76. The Morgan fingerprint density at radius 3 is 2.58 bits per heavy atom. The van der Waals surface area contributed by atoms with Gasteiger partial charge in [-0.15, -0.1) is 0 Å². The molecule has 3 aliphatic rings. The van der Waals surface area contributed by atoms with Crippen molar-refractivity contribution in [3.8, 4) is 17.0 Å². The lowest BCUT2D eigenvalue weighted by Crippen LogP contribution is -2.52. The molecule has 260 valence electrons. The number of carbonyl (C=O) groups excluding carboxylic acids is 2. The van der Waals surface area contributed by atoms with Crippen LogP contribution < -0.4 is 20.1 Å². The second-order valence-electron chi connectivity index (χ2n) is 13.3. The molecule has 3 heterocycles. The van der Waals surface area contributed by atoms with Crippen LogP contribution in [0.3, 0.4) is 0 Å². The van der Waals surface area contributed by atoms with Crippen LogP contribution in [0.15, 0.2) is 36.4 Å². The van der Waals surface area contributed by atoms with Gasteiger partial charge in [0.25, 0.3) is 5.91 Å². The Labute approximate surface area is 283 Å². The molecule has 3 N–H and O–H groups in total. The van der Waals surface area contributed by atoms with Crippen molar-refractivity contribution in [2.24, 2.45) is 0 Å². The number of aromatic nitrogens is 1. The number of fused-ring (bicyclic) bond motifs is 5. The van der Waals surface area contributed by atoms with Gasteiger partial charge >= 0.3 is 10.2 Å². The lowest BCUT2D eigenvalue weighted by Gasteiger charge is -2.28. The number of rotatable bonds is 12. The van der Waals surface area contributed by atoms with E-state index >= 15 is 0 Å². The van der Waals surface area contributed by atoms with E-state index in [2.05, 4.69) is 37.0 Å². The fourth-order valence-corrected chi connectivity index (χ4v) is 7.97. The van der Waals surface area contributed by atoms with Gasteiger partial charge in [-0.1, -0.05) is 25.3 Å². The van der Waals surface area contributed by atoms with Gasteiger partial charge in [-0.2, -0.15) is 12.7 Å². The molecule has 1 saturated heterocycles. The first-order valence-corrected chi connectivity index (χ1v) is 18.5. The largest absolute Gasteiger partial charge is 0.497 e. The SMILES string of the molecule is COc1ccc2c(c1)CC(NC(C=O)NCCN1CCOCC1)Cn1c-2c(C2CCCCC2)c2ccc(C(=O)NS(=O)(=O)N(C)C)cc21. The minimum absolute atomic E-state index is 0.135. The average molecular weight is 681 g/mol. The number of ether oxygens (including phenoxy) is 2. The number of benzene rings is 2. The van der Waals surface area contributed by atoms with Gasteiger partial charge in [0.2, 0.25) is 0 Å². The number of hydrogen-bond donors (Lipinski definition) is 3. The molecular weight excluding hydrogens is 632 g/mol. The molecular formula is C35H48N6O6S. The maximum Gasteiger partial charge on any atom is 0.303 e. The van der Waals surface area contributed by atoms with Gasteiger partial charge in [-0.05, 0) is 66.6 Å². The molecule has 2 aromatic carbocycles.